The van der Waals surface area contributed by atoms with Crippen molar-refractivity contribution in [1.29, 1.82) is 5.26 Å². The van der Waals surface area contributed by atoms with Gasteiger partial charge in [0, 0.05) is 32.8 Å². The molecule has 2 unspecified atom stereocenters. The predicted molar refractivity (Wildman–Crippen MR) is 118 cm³/mol. The lowest BCUT2D eigenvalue weighted by molar-refractivity contribution is -0.136. The molecule has 2 atom stereocenters. The van der Waals surface area contributed by atoms with Crippen LogP contribution in [0.5, 0.6) is 0 Å². The summed E-state index contributed by atoms with van der Waals surface area (Å²) in [5.74, 6) is 0.692. The van der Waals surface area contributed by atoms with E-state index < -0.39 is 0 Å². The Morgan fingerprint density at radius 2 is 2.03 bits per heavy atom. The van der Waals surface area contributed by atoms with Crippen LogP contribution in [0.1, 0.15) is 23.9 Å². The Kier molecular flexibility index (Phi) is 6.13. The van der Waals surface area contributed by atoms with Crippen molar-refractivity contribution in [3.63, 3.8) is 0 Å². The van der Waals surface area contributed by atoms with E-state index in [-0.39, 0.29) is 12.3 Å². The minimum absolute atomic E-state index is 0.206. The maximum Gasteiger partial charge on any atom is 0.162 e. The fraction of sp³-hybridized carbons (Fsp3) is 0.318. The highest BCUT2D eigenvalue weighted by Gasteiger charge is 2.34. The number of aromatic nitrogens is 2. The molecule has 1 aliphatic rings. The molecular weight excluding hydrogens is 394 g/mol. The first kappa shape index (κ1) is 20.8. The van der Waals surface area contributed by atoms with Crippen molar-refractivity contribution in [1.82, 2.24) is 19.9 Å². The van der Waals surface area contributed by atoms with Crippen LogP contribution >= 0.6 is 0 Å². The normalized spacial score (nSPS) is 17.3. The zero-order chi connectivity index (χ0) is 21.8. The summed E-state index contributed by atoms with van der Waals surface area (Å²) in [7, 11) is 3.48. The molecule has 0 saturated carbocycles. The molecule has 1 aliphatic heterocycles. The van der Waals surface area contributed by atoms with E-state index in [1.54, 1.807) is 19.2 Å². The Bertz CT molecular complexity index is 1120. The molecule has 0 bridgehead atoms. The number of hydrogen-bond acceptors (Lipinski definition) is 8. The number of nitrogen functional groups attached to an aromatic ring is 1. The maximum absolute atomic E-state index is 8.88. The number of anilines is 1. The molecule has 0 radical (unpaired) electrons. The number of nitriles is 1. The number of hydrogen-bond donors (Lipinski definition) is 2. The molecule has 0 aliphatic carbocycles. The lowest BCUT2D eigenvalue weighted by Gasteiger charge is -2.21. The highest BCUT2D eigenvalue weighted by Crippen LogP contribution is 2.26. The van der Waals surface area contributed by atoms with Crippen LogP contribution < -0.4 is 11.1 Å². The molecule has 2 aromatic carbocycles. The number of hydroxylamine groups is 2. The second kappa shape index (κ2) is 9.14. The number of imidazole rings is 1. The average molecular weight is 419 g/mol. The van der Waals surface area contributed by atoms with Gasteiger partial charge >= 0.3 is 0 Å². The first-order valence-electron chi connectivity index (χ1n) is 10.0. The SMILES string of the molecule is COC(Cn1c(C2=NON(C)C2NCCC#N)nc2ccccc21)c1ccc(N)cc1. The van der Waals surface area contributed by atoms with Gasteiger partial charge in [-0.2, -0.15) is 5.26 Å². The standard InChI is InChI=1S/C22H25N7O2/c1-28-21(25-13-5-12-23)20(27-31-28)22-26-17-6-3-4-7-18(17)29(22)14-19(30-2)15-8-10-16(24)11-9-15/h3-4,6-11,19,21,25H,5,13-14,24H2,1-2H3. The van der Waals surface area contributed by atoms with Crippen LogP contribution in [-0.4, -0.2) is 47.2 Å². The van der Waals surface area contributed by atoms with Crippen LogP contribution in [0.15, 0.2) is 53.7 Å². The topological polar surface area (TPSA) is 114 Å². The van der Waals surface area contributed by atoms with E-state index in [1.165, 1.54) is 0 Å². The highest BCUT2D eigenvalue weighted by atomic mass is 16.8. The Morgan fingerprint density at radius 1 is 1.26 bits per heavy atom. The van der Waals surface area contributed by atoms with Crippen molar-refractivity contribution in [2.24, 2.45) is 5.16 Å². The van der Waals surface area contributed by atoms with E-state index in [0.717, 1.165) is 16.6 Å². The summed E-state index contributed by atoms with van der Waals surface area (Å²) in [6.45, 7) is 1.05. The molecule has 9 nitrogen and oxygen atoms in total. The lowest BCUT2D eigenvalue weighted by Crippen LogP contribution is -2.46. The van der Waals surface area contributed by atoms with E-state index >= 15 is 0 Å². The molecule has 0 amide bonds. The van der Waals surface area contributed by atoms with Gasteiger partial charge in [-0.25, -0.2) is 4.98 Å². The zero-order valence-electron chi connectivity index (χ0n) is 17.5. The summed E-state index contributed by atoms with van der Waals surface area (Å²) in [5, 5.41) is 18.1. The molecule has 3 N–H and O–H groups in total. The summed E-state index contributed by atoms with van der Waals surface area (Å²) >= 11 is 0. The van der Waals surface area contributed by atoms with Crippen molar-refractivity contribution in [2.45, 2.75) is 25.2 Å². The Labute approximate surface area is 180 Å². The predicted octanol–water partition coefficient (Wildman–Crippen LogP) is 2.42. The van der Waals surface area contributed by atoms with Gasteiger partial charge in [-0.1, -0.05) is 34.5 Å². The number of methoxy groups -OCH3 is 1. The van der Waals surface area contributed by atoms with Crippen LogP contribution in [0.25, 0.3) is 11.0 Å². The Hall–Kier alpha value is -3.45. The second-order valence-corrected chi connectivity index (χ2v) is 7.29. The highest BCUT2D eigenvalue weighted by molar-refractivity contribution is 6.04. The fourth-order valence-electron chi connectivity index (χ4n) is 3.68. The largest absolute Gasteiger partial charge is 0.399 e. The van der Waals surface area contributed by atoms with Crippen molar-refractivity contribution < 1.29 is 9.68 Å². The zero-order valence-corrected chi connectivity index (χ0v) is 17.5. The number of likely N-dealkylation sites (N-methyl/N-ethyl adjacent to an activating group) is 1. The van der Waals surface area contributed by atoms with E-state index in [0.29, 0.717) is 36.7 Å². The van der Waals surface area contributed by atoms with E-state index in [1.807, 2.05) is 48.5 Å². The minimum Gasteiger partial charge on any atom is -0.399 e. The maximum atomic E-state index is 8.88. The number of ether oxygens (including phenoxy) is 1. The third-order valence-electron chi connectivity index (χ3n) is 5.29. The van der Waals surface area contributed by atoms with E-state index in [9.17, 15) is 0 Å². The van der Waals surface area contributed by atoms with Gasteiger partial charge in [0.15, 0.2) is 11.5 Å². The summed E-state index contributed by atoms with van der Waals surface area (Å²) in [4.78, 5) is 10.3. The summed E-state index contributed by atoms with van der Waals surface area (Å²) in [6.07, 6.45) is -0.138. The molecule has 0 saturated heterocycles. The van der Waals surface area contributed by atoms with Gasteiger partial charge in [-0.05, 0) is 29.8 Å². The van der Waals surface area contributed by atoms with Gasteiger partial charge in [0.25, 0.3) is 0 Å². The van der Waals surface area contributed by atoms with Crippen LogP contribution in [-0.2, 0) is 16.2 Å². The first-order chi connectivity index (χ1) is 15.1. The minimum atomic E-state index is -0.318. The van der Waals surface area contributed by atoms with E-state index in [2.05, 4.69) is 21.1 Å². The van der Waals surface area contributed by atoms with Gasteiger partial charge in [0.2, 0.25) is 0 Å². The molecule has 31 heavy (non-hydrogen) atoms. The molecule has 4 rings (SSSR count). The Morgan fingerprint density at radius 3 is 2.77 bits per heavy atom. The van der Waals surface area contributed by atoms with Crippen LogP contribution in [0.3, 0.4) is 0 Å². The van der Waals surface area contributed by atoms with Crippen LogP contribution in [0.4, 0.5) is 5.69 Å². The molecule has 0 fully saturated rings. The van der Waals surface area contributed by atoms with Gasteiger partial charge in [-0.15, -0.1) is 0 Å². The smallest absolute Gasteiger partial charge is 0.162 e. The van der Waals surface area contributed by atoms with Gasteiger partial charge in [0.05, 0.1) is 23.6 Å². The number of oxime groups is 1. The third-order valence-corrected chi connectivity index (χ3v) is 5.29. The molecular formula is C22H25N7O2. The number of rotatable bonds is 8. The van der Waals surface area contributed by atoms with Crippen molar-refractivity contribution in [3.05, 3.63) is 59.9 Å². The summed E-state index contributed by atoms with van der Waals surface area (Å²) in [5.41, 5.74) is 10.1. The van der Waals surface area contributed by atoms with Gasteiger partial charge in [0.1, 0.15) is 12.3 Å². The molecule has 3 aromatic rings. The quantitative estimate of drug-likeness (QED) is 0.426. The third kappa shape index (κ3) is 4.22. The number of nitrogens with one attached hydrogen (secondary N) is 1. The van der Waals surface area contributed by atoms with E-state index in [4.69, 9.17) is 25.7 Å². The lowest BCUT2D eigenvalue weighted by atomic mass is 10.1. The first-order valence-corrected chi connectivity index (χ1v) is 10.0. The van der Waals surface area contributed by atoms with Gasteiger partial charge in [-0.3, -0.25) is 10.3 Å². The number of benzene rings is 2. The second-order valence-electron chi connectivity index (χ2n) is 7.29. The molecule has 9 heteroatoms. The summed E-state index contributed by atoms with van der Waals surface area (Å²) < 4.78 is 7.92. The molecule has 1 aromatic heterocycles. The molecule has 2 heterocycles. The number of fused-ring (bicyclic) bond motifs is 1. The van der Waals surface area contributed by atoms with Crippen LogP contribution in [0.2, 0.25) is 0 Å². The average Bonchev–Trinajstić information content (AvgIpc) is 3.33. The van der Waals surface area contributed by atoms with Crippen molar-refractivity contribution in [2.75, 3.05) is 26.4 Å². The summed E-state index contributed by atoms with van der Waals surface area (Å²) in [6, 6.07) is 17.8. The molecule has 160 valence electrons. The van der Waals surface area contributed by atoms with Crippen LogP contribution in [0, 0.1) is 11.3 Å². The van der Waals surface area contributed by atoms with Gasteiger partial charge < -0.3 is 15.0 Å². The molecule has 0 spiro atoms. The number of para-hydroxylation sites is 2. The monoisotopic (exact) mass is 419 g/mol. The van der Waals surface area contributed by atoms with Crippen molar-refractivity contribution in [3.8, 4) is 6.07 Å². The fourth-order valence-corrected chi connectivity index (χ4v) is 3.68. The van der Waals surface area contributed by atoms with Crippen molar-refractivity contribution >= 4 is 22.4 Å². The number of nitrogens with zero attached hydrogens (tertiary/aromatic N) is 5. The number of nitrogens with two attached hydrogens (primary N) is 1. The Balaban J connectivity index is 1.72.